The molecule has 0 spiro atoms. The van der Waals surface area contributed by atoms with Crippen molar-refractivity contribution in [2.24, 2.45) is 9.98 Å². The van der Waals surface area contributed by atoms with E-state index >= 15 is 0 Å². The van der Waals surface area contributed by atoms with E-state index in [-0.39, 0.29) is 17.6 Å². The van der Waals surface area contributed by atoms with Gasteiger partial charge in [0, 0.05) is 31.0 Å². The van der Waals surface area contributed by atoms with Gasteiger partial charge in [-0.25, -0.2) is 22.1 Å². The van der Waals surface area contributed by atoms with Gasteiger partial charge in [0.05, 0.1) is 5.75 Å². The van der Waals surface area contributed by atoms with E-state index < -0.39 is 15.6 Å². The fourth-order valence-corrected chi connectivity index (χ4v) is 4.83. The normalized spacial score (nSPS) is 25.2. The van der Waals surface area contributed by atoms with Crippen LogP contribution in [0.15, 0.2) is 34.3 Å². The first-order valence-corrected chi connectivity index (χ1v) is 9.55. The number of aliphatic imine (C=N–C) groups is 2. The minimum atomic E-state index is -3.38. The third kappa shape index (κ3) is 3.99. The Morgan fingerprint density at radius 1 is 1.29 bits per heavy atom. The first-order valence-electron chi connectivity index (χ1n) is 7.94. The molecule has 2 heterocycles. The third-order valence-electron chi connectivity index (χ3n) is 4.31. The van der Waals surface area contributed by atoms with Crippen LogP contribution in [0.1, 0.15) is 19.8 Å². The van der Waals surface area contributed by atoms with Crippen molar-refractivity contribution in [2.75, 3.05) is 24.2 Å². The van der Waals surface area contributed by atoms with Gasteiger partial charge in [-0.15, -0.1) is 0 Å². The Labute approximate surface area is 141 Å². The van der Waals surface area contributed by atoms with Crippen molar-refractivity contribution in [3.05, 3.63) is 30.1 Å². The number of sulfonamides is 1. The number of benzene rings is 1. The summed E-state index contributed by atoms with van der Waals surface area (Å²) >= 11 is 0. The van der Waals surface area contributed by atoms with Crippen LogP contribution < -0.4 is 5.32 Å². The molecule has 130 valence electrons. The van der Waals surface area contributed by atoms with E-state index in [1.54, 1.807) is 25.3 Å². The van der Waals surface area contributed by atoms with Crippen LogP contribution in [0.25, 0.3) is 0 Å². The van der Waals surface area contributed by atoms with E-state index in [4.69, 9.17) is 0 Å². The molecule has 1 aromatic rings. The third-order valence-corrected chi connectivity index (χ3v) is 6.41. The van der Waals surface area contributed by atoms with E-state index in [9.17, 15) is 12.8 Å². The highest BCUT2D eigenvalue weighted by atomic mass is 32.2. The molecule has 0 aliphatic carbocycles. The van der Waals surface area contributed by atoms with E-state index in [0.717, 1.165) is 5.69 Å². The van der Waals surface area contributed by atoms with E-state index in [1.807, 2.05) is 0 Å². The van der Waals surface area contributed by atoms with Crippen LogP contribution >= 0.6 is 0 Å². The molecule has 2 aliphatic heterocycles. The fraction of sp³-hybridized carbons (Fsp3) is 0.500. The first-order chi connectivity index (χ1) is 11.4. The van der Waals surface area contributed by atoms with Crippen LogP contribution in [-0.4, -0.2) is 55.7 Å². The number of hydrogen-bond donors (Lipinski definition) is 1. The molecule has 24 heavy (non-hydrogen) atoms. The molecule has 1 atom stereocenters. The molecular weight excluding hydrogens is 331 g/mol. The quantitative estimate of drug-likeness (QED) is 0.880. The van der Waals surface area contributed by atoms with E-state index in [1.165, 1.54) is 22.8 Å². The highest BCUT2D eigenvalue weighted by Gasteiger charge is 2.35. The summed E-state index contributed by atoms with van der Waals surface area (Å²) in [7, 11) is -3.38. The minimum absolute atomic E-state index is 0.0595. The van der Waals surface area contributed by atoms with Crippen LogP contribution in [0.4, 0.5) is 10.1 Å². The zero-order chi connectivity index (χ0) is 17.2. The zero-order valence-electron chi connectivity index (χ0n) is 13.5. The second-order valence-corrected chi connectivity index (χ2v) is 8.43. The van der Waals surface area contributed by atoms with Gasteiger partial charge in [-0.3, -0.25) is 4.99 Å². The lowest BCUT2D eigenvalue weighted by Crippen LogP contribution is -2.46. The average Bonchev–Trinajstić information content (AvgIpc) is 2.95. The second kappa shape index (κ2) is 6.60. The maximum absolute atomic E-state index is 12.9. The molecule has 1 saturated heterocycles. The van der Waals surface area contributed by atoms with Crippen LogP contribution in [-0.2, 0) is 10.0 Å². The maximum atomic E-state index is 12.9. The molecule has 0 bridgehead atoms. The smallest absolute Gasteiger partial charge is 0.216 e. The summed E-state index contributed by atoms with van der Waals surface area (Å²) in [6.45, 7) is 2.71. The van der Waals surface area contributed by atoms with Crippen molar-refractivity contribution in [1.82, 2.24) is 4.31 Å². The Kier molecular flexibility index (Phi) is 4.69. The number of piperidine rings is 1. The lowest BCUT2D eigenvalue weighted by atomic mass is 10.1. The Hall–Kier alpha value is -1.80. The van der Waals surface area contributed by atoms with Gasteiger partial charge < -0.3 is 5.32 Å². The fourth-order valence-electron chi connectivity index (χ4n) is 2.99. The summed E-state index contributed by atoms with van der Waals surface area (Å²) in [5, 5.41) is 3.33. The van der Waals surface area contributed by atoms with Gasteiger partial charge in [0.1, 0.15) is 17.7 Å². The Balaban J connectivity index is 1.55. The molecule has 0 radical (unpaired) electrons. The van der Waals surface area contributed by atoms with Crippen LogP contribution in [0.2, 0.25) is 0 Å². The summed E-state index contributed by atoms with van der Waals surface area (Å²) in [5.74, 6) is -0.330. The van der Waals surface area contributed by atoms with Gasteiger partial charge in [-0.1, -0.05) is 0 Å². The van der Waals surface area contributed by atoms with Crippen molar-refractivity contribution in [2.45, 2.75) is 31.3 Å². The van der Waals surface area contributed by atoms with Crippen LogP contribution in [0.3, 0.4) is 0 Å². The summed E-state index contributed by atoms with van der Waals surface area (Å²) in [6.07, 6.45) is 4.40. The molecule has 1 fully saturated rings. The predicted molar refractivity (Wildman–Crippen MR) is 93.8 cm³/mol. The molecule has 6 nitrogen and oxygen atoms in total. The summed E-state index contributed by atoms with van der Waals surface area (Å²) in [6, 6.07) is 6.38. The van der Waals surface area contributed by atoms with Gasteiger partial charge in [0.15, 0.2) is 0 Å². The monoisotopic (exact) mass is 352 g/mol. The van der Waals surface area contributed by atoms with Crippen LogP contribution in [0, 0.1) is 5.82 Å². The first kappa shape index (κ1) is 17.0. The Morgan fingerprint density at radius 3 is 2.54 bits per heavy atom. The number of hydrogen-bond acceptors (Lipinski definition) is 5. The predicted octanol–water partition coefficient (Wildman–Crippen LogP) is 1.90. The van der Waals surface area contributed by atoms with Crippen molar-refractivity contribution in [1.29, 1.82) is 0 Å². The molecule has 0 unspecified atom stereocenters. The van der Waals surface area contributed by atoms with Gasteiger partial charge in [0.2, 0.25) is 10.0 Å². The van der Waals surface area contributed by atoms with E-state index in [2.05, 4.69) is 15.3 Å². The standard InChI is InChI=1S/C16H21FN4O2S/c1-16(10-18-12-19-16)11-24(22,23)21-8-6-15(7-9-21)20-14-4-2-13(17)3-5-14/h2-5,10,12,15,20H,6-9,11H2,1H3/t16-/m0/s1. The lowest BCUT2D eigenvalue weighted by Gasteiger charge is -2.33. The van der Waals surface area contributed by atoms with E-state index in [0.29, 0.717) is 25.9 Å². The van der Waals surface area contributed by atoms with Crippen molar-refractivity contribution in [3.63, 3.8) is 0 Å². The number of rotatable bonds is 5. The van der Waals surface area contributed by atoms with Gasteiger partial charge in [-0.2, -0.15) is 0 Å². The minimum Gasteiger partial charge on any atom is -0.382 e. The number of nitrogens with one attached hydrogen (secondary N) is 1. The second-order valence-electron chi connectivity index (χ2n) is 6.46. The van der Waals surface area contributed by atoms with Crippen molar-refractivity contribution >= 4 is 28.3 Å². The number of halogens is 1. The van der Waals surface area contributed by atoms with Gasteiger partial charge in [0.25, 0.3) is 0 Å². The summed E-state index contributed by atoms with van der Waals surface area (Å²) in [5.41, 5.74) is 0.0870. The topological polar surface area (TPSA) is 74.1 Å². The number of anilines is 1. The summed E-state index contributed by atoms with van der Waals surface area (Å²) in [4.78, 5) is 8.02. The number of nitrogens with zero attached hydrogens (tertiary/aromatic N) is 3. The molecular formula is C16H21FN4O2S. The molecule has 0 amide bonds. The maximum Gasteiger partial charge on any atom is 0.216 e. The molecule has 2 aliphatic rings. The lowest BCUT2D eigenvalue weighted by molar-refractivity contribution is 0.328. The Bertz CT molecular complexity index is 726. The molecule has 0 saturated carbocycles. The molecule has 0 aromatic heterocycles. The molecule has 1 aromatic carbocycles. The van der Waals surface area contributed by atoms with Crippen molar-refractivity contribution < 1.29 is 12.8 Å². The highest BCUT2D eigenvalue weighted by molar-refractivity contribution is 7.89. The molecule has 8 heteroatoms. The zero-order valence-corrected chi connectivity index (χ0v) is 14.3. The average molecular weight is 352 g/mol. The largest absolute Gasteiger partial charge is 0.382 e. The SMILES string of the molecule is C[C@@]1(CS(=O)(=O)N2CCC(Nc3ccc(F)cc3)CC2)C=NC=N1. The molecule has 1 N–H and O–H groups in total. The Morgan fingerprint density at radius 2 is 1.96 bits per heavy atom. The molecule has 3 rings (SSSR count). The van der Waals surface area contributed by atoms with Gasteiger partial charge in [-0.05, 0) is 44.0 Å². The van der Waals surface area contributed by atoms with Crippen molar-refractivity contribution in [3.8, 4) is 0 Å². The van der Waals surface area contributed by atoms with Crippen LogP contribution in [0.5, 0.6) is 0 Å². The summed E-state index contributed by atoms with van der Waals surface area (Å²) < 4.78 is 39.6. The van der Waals surface area contributed by atoms with Gasteiger partial charge >= 0.3 is 0 Å². The highest BCUT2D eigenvalue weighted by Crippen LogP contribution is 2.22.